The molecule has 0 radical (unpaired) electrons. The standard InChI is InChI=1S/C22H29BrN2O3/c1-13(2)19(24-21(26)14(3)4)22(27)25-11-7-8-15(25)12-17-16-9-5-6-10-18(16)28-20(17)23/h5-6,9-10,13-15,19H,7-8,11-12H2,1-4H3,(H,24,26)/t15-,19-/m0/s1. The van der Waals surface area contributed by atoms with E-state index in [1.165, 1.54) is 0 Å². The number of hydrogen-bond donors (Lipinski definition) is 1. The highest BCUT2D eigenvalue weighted by molar-refractivity contribution is 9.10. The van der Waals surface area contributed by atoms with Gasteiger partial charge in [-0.05, 0) is 47.2 Å². The molecule has 28 heavy (non-hydrogen) atoms. The summed E-state index contributed by atoms with van der Waals surface area (Å²) >= 11 is 3.55. The lowest BCUT2D eigenvalue weighted by atomic mass is 9.99. The second kappa shape index (κ2) is 8.68. The quantitative estimate of drug-likeness (QED) is 0.705. The first-order valence-corrected chi connectivity index (χ1v) is 10.9. The summed E-state index contributed by atoms with van der Waals surface area (Å²) in [4.78, 5) is 27.5. The van der Waals surface area contributed by atoms with Crippen molar-refractivity contribution in [3.8, 4) is 0 Å². The van der Waals surface area contributed by atoms with Crippen LogP contribution in [-0.4, -0.2) is 35.3 Å². The van der Waals surface area contributed by atoms with Crippen LogP contribution in [0.3, 0.4) is 0 Å². The molecule has 1 aliphatic heterocycles. The topological polar surface area (TPSA) is 62.6 Å². The minimum atomic E-state index is -0.486. The van der Waals surface area contributed by atoms with Crippen molar-refractivity contribution in [2.45, 2.75) is 59.0 Å². The minimum Gasteiger partial charge on any atom is -0.449 e. The molecule has 5 nitrogen and oxygen atoms in total. The number of rotatable bonds is 6. The maximum atomic E-state index is 13.3. The van der Waals surface area contributed by atoms with Crippen LogP contribution in [0, 0.1) is 11.8 Å². The van der Waals surface area contributed by atoms with Crippen LogP contribution in [0.5, 0.6) is 0 Å². The molecule has 1 N–H and O–H groups in total. The molecule has 1 fully saturated rings. The molecule has 2 amide bonds. The molecule has 6 heteroatoms. The van der Waals surface area contributed by atoms with Crippen LogP contribution in [-0.2, 0) is 16.0 Å². The molecule has 3 rings (SSSR count). The summed E-state index contributed by atoms with van der Waals surface area (Å²) in [7, 11) is 0. The second-order valence-electron chi connectivity index (χ2n) is 8.27. The number of nitrogens with zero attached hydrogens (tertiary/aromatic N) is 1. The Hall–Kier alpha value is -1.82. The molecule has 152 valence electrons. The number of nitrogens with one attached hydrogen (secondary N) is 1. The fourth-order valence-corrected chi connectivity index (χ4v) is 4.39. The fourth-order valence-electron chi connectivity index (χ4n) is 3.84. The van der Waals surface area contributed by atoms with Crippen LogP contribution < -0.4 is 5.32 Å². The zero-order valence-corrected chi connectivity index (χ0v) is 18.6. The molecular formula is C22H29BrN2O3. The molecule has 2 atom stereocenters. The molecular weight excluding hydrogens is 420 g/mol. The van der Waals surface area contributed by atoms with Gasteiger partial charge in [-0.1, -0.05) is 45.9 Å². The molecule has 0 spiro atoms. The summed E-state index contributed by atoms with van der Waals surface area (Å²) in [5.41, 5.74) is 1.96. The Bertz CT molecular complexity index is 859. The number of likely N-dealkylation sites (tertiary alicyclic amines) is 1. The Morgan fingerprint density at radius 1 is 1.25 bits per heavy atom. The zero-order valence-electron chi connectivity index (χ0n) is 17.0. The molecule has 1 aliphatic rings. The lowest BCUT2D eigenvalue weighted by Gasteiger charge is -2.31. The van der Waals surface area contributed by atoms with Gasteiger partial charge < -0.3 is 14.6 Å². The van der Waals surface area contributed by atoms with Crippen LogP contribution in [0.25, 0.3) is 11.0 Å². The van der Waals surface area contributed by atoms with Crippen molar-refractivity contribution in [2.24, 2.45) is 11.8 Å². The van der Waals surface area contributed by atoms with Gasteiger partial charge in [-0.15, -0.1) is 0 Å². The molecule has 2 aromatic rings. The number of amides is 2. The van der Waals surface area contributed by atoms with E-state index in [9.17, 15) is 9.59 Å². The van der Waals surface area contributed by atoms with Gasteiger partial charge in [0, 0.05) is 29.5 Å². The van der Waals surface area contributed by atoms with Crippen molar-refractivity contribution in [1.29, 1.82) is 0 Å². The highest BCUT2D eigenvalue weighted by atomic mass is 79.9. The fraction of sp³-hybridized carbons (Fsp3) is 0.545. The average Bonchev–Trinajstić information content (AvgIpc) is 3.23. The first-order chi connectivity index (χ1) is 13.3. The molecule has 0 saturated carbocycles. The molecule has 0 bridgehead atoms. The summed E-state index contributed by atoms with van der Waals surface area (Å²) < 4.78 is 6.56. The highest BCUT2D eigenvalue weighted by Crippen LogP contribution is 2.33. The smallest absolute Gasteiger partial charge is 0.245 e. The van der Waals surface area contributed by atoms with Crippen LogP contribution in [0.2, 0.25) is 0 Å². The summed E-state index contributed by atoms with van der Waals surface area (Å²) in [6.07, 6.45) is 2.68. The van der Waals surface area contributed by atoms with Crippen LogP contribution in [0.4, 0.5) is 0 Å². The zero-order chi connectivity index (χ0) is 20.4. The molecule has 1 saturated heterocycles. The number of halogens is 1. The molecule has 0 unspecified atom stereocenters. The van der Waals surface area contributed by atoms with E-state index in [0.29, 0.717) is 0 Å². The number of fused-ring (bicyclic) bond motifs is 1. The highest BCUT2D eigenvalue weighted by Gasteiger charge is 2.36. The largest absolute Gasteiger partial charge is 0.449 e. The van der Waals surface area contributed by atoms with E-state index < -0.39 is 6.04 Å². The first-order valence-electron chi connectivity index (χ1n) is 10.1. The number of carbonyl (C=O) groups excluding carboxylic acids is 2. The Morgan fingerprint density at radius 3 is 2.64 bits per heavy atom. The Balaban J connectivity index is 1.80. The third-order valence-electron chi connectivity index (χ3n) is 5.50. The maximum absolute atomic E-state index is 13.3. The van der Waals surface area contributed by atoms with Crippen molar-refractivity contribution in [1.82, 2.24) is 10.2 Å². The van der Waals surface area contributed by atoms with E-state index in [1.807, 2.05) is 50.8 Å². The average molecular weight is 449 g/mol. The lowest BCUT2D eigenvalue weighted by molar-refractivity contribution is -0.139. The first kappa shape index (κ1) is 20.9. The number of benzene rings is 1. The van der Waals surface area contributed by atoms with Gasteiger partial charge in [-0.2, -0.15) is 0 Å². The maximum Gasteiger partial charge on any atom is 0.245 e. The van der Waals surface area contributed by atoms with E-state index in [2.05, 4.69) is 27.3 Å². The van der Waals surface area contributed by atoms with Gasteiger partial charge in [0.05, 0.1) is 0 Å². The van der Waals surface area contributed by atoms with Crippen molar-refractivity contribution in [2.75, 3.05) is 6.54 Å². The number of para-hydroxylation sites is 1. The molecule has 2 heterocycles. The van der Waals surface area contributed by atoms with Gasteiger partial charge >= 0.3 is 0 Å². The molecule has 1 aromatic heterocycles. The SMILES string of the molecule is CC(C)C(=O)N[C@H](C(=O)N1CCC[C@H]1Cc1c(Br)oc2ccccc12)C(C)C. The van der Waals surface area contributed by atoms with E-state index >= 15 is 0 Å². The van der Waals surface area contributed by atoms with Gasteiger partial charge in [0.1, 0.15) is 11.6 Å². The van der Waals surface area contributed by atoms with Crippen molar-refractivity contribution < 1.29 is 14.0 Å². The van der Waals surface area contributed by atoms with Gasteiger partial charge in [0.25, 0.3) is 0 Å². The minimum absolute atomic E-state index is 0.0235. The predicted octanol–water partition coefficient (Wildman–Crippen LogP) is 4.53. The van der Waals surface area contributed by atoms with E-state index in [4.69, 9.17) is 4.42 Å². The molecule has 1 aromatic carbocycles. The monoisotopic (exact) mass is 448 g/mol. The summed E-state index contributed by atoms with van der Waals surface area (Å²) in [6.45, 7) is 8.38. The van der Waals surface area contributed by atoms with E-state index in [1.54, 1.807) is 0 Å². The summed E-state index contributed by atoms with van der Waals surface area (Å²) in [6, 6.07) is 7.60. The van der Waals surface area contributed by atoms with E-state index in [-0.39, 0.29) is 29.7 Å². The second-order valence-corrected chi connectivity index (χ2v) is 8.99. The van der Waals surface area contributed by atoms with Crippen molar-refractivity contribution >= 4 is 38.7 Å². The summed E-state index contributed by atoms with van der Waals surface area (Å²) in [5, 5.41) is 4.04. The Labute approximate surface area is 175 Å². The number of carbonyl (C=O) groups is 2. The predicted molar refractivity (Wildman–Crippen MR) is 114 cm³/mol. The Kier molecular flexibility index (Phi) is 6.48. The normalized spacial score (nSPS) is 18.2. The molecule has 0 aliphatic carbocycles. The summed E-state index contributed by atoms with van der Waals surface area (Å²) in [5.74, 6) is -0.156. The van der Waals surface area contributed by atoms with Crippen LogP contribution in [0.1, 0.15) is 46.1 Å². The van der Waals surface area contributed by atoms with E-state index in [0.717, 1.165) is 47.0 Å². The Morgan fingerprint density at radius 2 is 1.96 bits per heavy atom. The number of furan rings is 1. The lowest BCUT2D eigenvalue weighted by Crippen LogP contribution is -2.53. The van der Waals surface area contributed by atoms with Crippen LogP contribution in [0.15, 0.2) is 33.4 Å². The van der Waals surface area contributed by atoms with Crippen LogP contribution >= 0.6 is 15.9 Å². The third-order valence-corrected chi connectivity index (χ3v) is 6.14. The van der Waals surface area contributed by atoms with Gasteiger partial charge in [0.15, 0.2) is 4.67 Å². The van der Waals surface area contributed by atoms with Gasteiger partial charge in [-0.3, -0.25) is 9.59 Å². The third kappa shape index (κ3) is 4.27. The number of hydrogen-bond acceptors (Lipinski definition) is 3. The van der Waals surface area contributed by atoms with Gasteiger partial charge in [0.2, 0.25) is 11.8 Å². The van der Waals surface area contributed by atoms with Crippen molar-refractivity contribution in [3.05, 3.63) is 34.5 Å². The van der Waals surface area contributed by atoms with Gasteiger partial charge in [-0.25, -0.2) is 0 Å². The van der Waals surface area contributed by atoms with Crippen molar-refractivity contribution in [3.63, 3.8) is 0 Å².